The van der Waals surface area contributed by atoms with Crippen LogP contribution in [0.25, 0.3) is 0 Å². The summed E-state index contributed by atoms with van der Waals surface area (Å²) >= 11 is 0. The van der Waals surface area contributed by atoms with E-state index >= 15 is 0 Å². The molecular weight excluding hydrogens is 364 g/mol. The highest BCUT2D eigenvalue weighted by atomic mass is 16.2. The number of hydrogen-bond donors (Lipinski definition) is 1. The molecule has 1 saturated heterocycles. The number of carbonyl (C=O) groups excluding carboxylic acids is 2. The molecule has 3 rings (SSSR count). The number of amides is 2. The predicted molar refractivity (Wildman–Crippen MR) is 114 cm³/mol. The lowest BCUT2D eigenvalue weighted by Crippen LogP contribution is -2.40. The molecule has 0 unspecified atom stereocenters. The molecule has 6 nitrogen and oxygen atoms in total. The summed E-state index contributed by atoms with van der Waals surface area (Å²) in [7, 11) is 0. The summed E-state index contributed by atoms with van der Waals surface area (Å²) in [5.74, 6) is 1.93. The average molecular weight is 401 g/mol. The van der Waals surface area contributed by atoms with Gasteiger partial charge < -0.3 is 10.2 Å². The topological polar surface area (TPSA) is 75.2 Å². The smallest absolute Gasteiger partial charge is 0.224 e. The van der Waals surface area contributed by atoms with Crippen molar-refractivity contribution in [3.8, 4) is 0 Å². The van der Waals surface area contributed by atoms with Crippen molar-refractivity contribution < 1.29 is 9.59 Å². The van der Waals surface area contributed by atoms with Gasteiger partial charge in [-0.05, 0) is 51.9 Å². The molecule has 6 heteroatoms. The highest BCUT2D eigenvalue weighted by Gasteiger charge is 2.29. The van der Waals surface area contributed by atoms with Crippen LogP contribution in [0.4, 0.5) is 0 Å². The van der Waals surface area contributed by atoms with Gasteiger partial charge in [0.2, 0.25) is 11.8 Å². The Morgan fingerprint density at radius 3 is 2.41 bits per heavy atom. The van der Waals surface area contributed by atoms with Gasteiger partial charge in [-0.25, -0.2) is 9.97 Å². The van der Waals surface area contributed by atoms with Crippen LogP contribution in [-0.4, -0.2) is 46.3 Å². The van der Waals surface area contributed by atoms with Crippen LogP contribution in [0, 0.1) is 19.8 Å². The number of nitrogens with one attached hydrogen (secondary N) is 1. The molecule has 1 atom stereocenters. The van der Waals surface area contributed by atoms with Crippen LogP contribution in [0.2, 0.25) is 0 Å². The molecule has 2 fully saturated rings. The van der Waals surface area contributed by atoms with Crippen molar-refractivity contribution in [1.82, 2.24) is 20.2 Å². The Bertz CT molecular complexity index is 705. The second-order valence-electron chi connectivity index (χ2n) is 8.79. The Balaban J connectivity index is 1.64. The van der Waals surface area contributed by atoms with Crippen LogP contribution in [0.3, 0.4) is 0 Å². The van der Waals surface area contributed by atoms with Crippen molar-refractivity contribution in [1.29, 1.82) is 0 Å². The largest absolute Gasteiger partial charge is 0.356 e. The summed E-state index contributed by atoms with van der Waals surface area (Å²) in [5, 5.41) is 2.92. The van der Waals surface area contributed by atoms with Gasteiger partial charge in [-0.1, -0.05) is 19.8 Å². The van der Waals surface area contributed by atoms with Crippen LogP contribution >= 0.6 is 0 Å². The molecule has 2 heterocycles. The van der Waals surface area contributed by atoms with Gasteiger partial charge in [0.25, 0.3) is 0 Å². The van der Waals surface area contributed by atoms with E-state index in [4.69, 9.17) is 9.97 Å². The first-order chi connectivity index (χ1) is 14.0. The minimum atomic E-state index is 0.0238. The molecular formula is C23H36N4O2. The molecule has 1 aliphatic carbocycles. The van der Waals surface area contributed by atoms with E-state index < -0.39 is 0 Å². The Labute approximate surface area is 174 Å². The number of aryl methyl sites for hydroxylation is 2. The molecule has 0 aromatic carbocycles. The van der Waals surface area contributed by atoms with Crippen molar-refractivity contribution >= 4 is 11.8 Å². The Hall–Kier alpha value is -1.98. The molecule has 1 aromatic rings. The van der Waals surface area contributed by atoms with E-state index in [1.165, 1.54) is 25.7 Å². The fourth-order valence-corrected chi connectivity index (χ4v) is 4.70. The average Bonchev–Trinajstić information content (AvgIpc) is 3.22. The molecule has 160 valence electrons. The zero-order valence-corrected chi connectivity index (χ0v) is 18.3. The van der Waals surface area contributed by atoms with Gasteiger partial charge in [-0.2, -0.15) is 0 Å². The van der Waals surface area contributed by atoms with Gasteiger partial charge in [0.1, 0.15) is 5.82 Å². The predicted octanol–water partition coefficient (Wildman–Crippen LogP) is 3.45. The summed E-state index contributed by atoms with van der Waals surface area (Å²) in [6.45, 7) is 8.25. The number of aromatic nitrogens is 2. The molecule has 1 saturated carbocycles. The molecule has 0 bridgehead atoms. The van der Waals surface area contributed by atoms with Gasteiger partial charge in [0.15, 0.2) is 0 Å². The summed E-state index contributed by atoms with van der Waals surface area (Å²) < 4.78 is 0. The maximum atomic E-state index is 12.8. The fraction of sp³-hybridized carbons (Fsp3) is 0.739. The quantitative estimate of drug-likeness (QED) is 0.761. The van der Waals surface area contributed by atoms with Gasteiger partial charge in [-0.3, -0.25) is 9.59 Å². The lowest BCUT2D eigenvalue weighted by atomic mass is 9.95. The molecule has 0 spiro atoms. The Morgan fingerprint density at radius 2 is 1.76 bits per heavy atom. The van der Waals surface area contributed by atoms with Crippen molar-refractivity contribution in [3.63, 3.8) is 0 Å². The molecule has 1 aliphatic heterocycles. The minimum absolute atomic E-state index is 0.0238. The van der Waals surface area contributed by atoms with Gasteiger partial charge >= 0.3 is 0 Å². The summed E-state index contributed by atoms with van der Waals surface area (Å²) in [6.07, 6.45) is 8.94. The Kier molecular flexibility index (Phi) is 7.62. The van der Waals surface area contributed by atoms with E-state index in [2.05, 4.69) is 5.32 Å². The molecule has 2 amide bonds. The number of rotatable bonds is 7. The van der Waals surface area contributed by atoms with Crippen molar-refractivity contribution in [2.24, 2.45) is 5.92 Å². The number of hydrogen-bond acceptors (Lipinski definition) is 4. The maximum absolute atomic E-state index is 12.8. The number of piperidine rings is 1. The van der Waals surface area contributed by atoms with E-state index in [0.29, 0.717) is 31.2 Å². The lowest BCUT2D eigenvalue weighted by Gasteiger charge is -2.33. The third-order valence-electron chi connectivity index (χ3n) is 6.42. The van der Waals surface area contributed by atoms with Crippen LogP contribution < -0.4 is 5.32 Å². The molecule has 1 aromatic heterocycles. The van der Waals surface area contributed by atoms with Crippen LogP contribution in [0.1, 0.15) is 87.0 Å². The van der Waals surface area contributed by atoms with E-state index in [1.807, 2.05) is 25.7 Å². The van der Waals surface area contributed by atoms with Crippen LogP contribution in [0.15, 0.2) is 0 Å². The van der Waals surface area contributed by atoms with E-state index in [9.17, 15) is 9.59 Å². The van der Waals surface area contributed by atoms with Crippen LogP contribution in [0.5, 0.6) is 0 Å². The zero-order valence-electron chi connectivity index (χ0n) is 18.3. The standard InChI is InChI=1S/C23H36N4O2/c1-4-11-24-21(28)14-20-16(2)25-23(26-17(20)3)19-10-7-12-27(15-19)22(29)13-18-8-5-6-9-18/h18-19H,4-15H2,1-3H3,(H,24,28)/t19-/m0/s1. The Morgan fingerprint density at radius 1 is 1.07 bits per heavy atom. The first-order valence-corrected chi connectivity index (χ1v) is 11.4. The summed E-state index contributed by atoms with van der Waals surface area (Å²) in [5.41, 5.74) is 2.69. The first kappa shape index (κ1) is 21.7. The van der Waals surface area contributed by atoms with Gasteiger partial charge in [0.05, 0.1) is 6.42 Å². The number of nitrogens with zero attached hydrogens (tertiary/aromatic N) is 3. The molecule has 2 aliphatic rings. The normalized spacial score (nSPS) is 20.1. The maximum Gasteiger partial charge on any atom is 0.224 e. The van der Waals surface area contributed by atoms with Crippen LogP contribution in [-0.2, 0) is 16.0 Å². The summed E-state index contributed by atoms with van der Waals surface area (Å²) in [6, 6.07) is 0. The zero-order chi connectivity index (χ0) is 20.8. The summed E-state index contributed by atoms with van der Waals surface area (Å²) in [4.78, 5) is 36.4. The highest BCUT2D eigenvalue weighted by molar-refractivity contribution is 5.79. The van der Waals surface area contributed by atoms with E-state index in [1.54, 1.807) is 0 Å². The van der Waals surface area contributed by atoms with Gasteiger partial charge in [-0.15, -0.1) is 0 Å². The second kappa shape index (κ2) is 10.2. The monoisotopic (exact) mass is 400 g/mol. The first-order valence-electron chi connectivity index (χ1n) is 11.4. The highest BCUT2D eigenvalue weighted by Crippen LogP contribution is 2.30. The van der Waals surface area contributed by atoms with Crippen molar-refractivity contribution in [3.05, 3.63) is 22.8 Å². The third-order valence-corrected chi connectivity index (χ3v) is 6.42. The van der Waals surface area contributed by atoms with E-state index in [0.717, 1.165) is 55.1 Å². The fourth-order valence-electron chi connectivity index (χ4n) is 4.70. The molecule has 0 radical (unpaired) electrons. The SMILES string of the molecule is CCCNC(=O)Cc1c(C)nc([C@H]2CCCN(C(=O)CC3CCCC3)C2)nc1C. The van der Waals surface area contributed by atoms with Crippen molar-refractivity contribution in [2.45, 2.75) is 84.5 Å². The van der Waals surface area contributed by atoms with Gasteiger partial charge in [0, 0.05) is 48.9 Å². The van der Waals surface area contributed by atoms with E-state index in [-0.39, 0.29) is 11.8 Å². The number of likely N-dealkylation sites (tertiary alicyclic amines) is 1. The van der Waals surface area contributed by atoms with Crippen molar-refractivity contribution in [2.75, 3.05) is 19.6 Å². The molecule has 29 heavy (non-hydrogen) atoms. The lowest BCUT2D eigenvalue weighted by molar-refractivity contribution is -0.133. The second-order valence-corrected chi connectivity index (χ2v) is 8.79. The number of carbonyl (C=O) groups is 2. The third kappa shape index (κ3) is 5.77. The molecule has 1 N–H and O–H groups in total. The minimum Gasteiger partial charge on any atom is -0.356 e.